The first-order valence-electron chi connectivity index (χ1n) is 9.66. The molecule has 0 saturated heterocycles. The number of nitrogens with two attached hydrogens (primary N) is 1. The maximum absolute atomic E-state index is 12.7. The van der Waals surface area contributed by atoms with Crippen molar-refractivity contribution in [2.75, 3.05) is 0 Å². The van der Waals surface area contributed by atoms with E-state index in [9.17, 15) is 5.21 Å². The van der Waals surface area contributed by atoms with Crippen LogP contribution in [0.3, 0.4) is 0 Å². The number of quaternary nitrogens is 1. The molecule has 7 unspecified atom stereocenters. The van der Waals surface area contributed by atoms with E-state index >= 15 is 0 Å². The monoisotopic (exact) mass is 462 g/mol. The Bertz CT molecular complexity index is 589. The number of nitrogens with one attached hydrogen (secondary N) is 1. The molecule has 0 amide bonds. The predicted octanol–water partition coefficient (Wildman–Crippen LogP) is 3.39. The molecule has 4 aliphatic rings. The van der Waals surface area contributed by atoms with Crippen LogP contribution in [-0.2, 0) is 8.00 Å². The average Bonchev–Trinajstić information content (AvgIpc) is 2.79. The Morgan fingerprint density at radius 2 is 1.92 bits per heavy atom. The molecule has 0 aromatic rings. The van der Waals surface area contributed by atoms with Crippen LogP contribution in [0.1, 0.15) is 71.6 Å². The van der Waals surface area contributed by atoms with Gasteiger partial charge in [-0.15, -0.1) is 3.17 Å². The lowest BCUT2D eigenvalue weighted by molar-refractivity contribution is -1.06. The summed E-state index contributed by atoms with van der Waals surface area (Å²) >= 11 is 1.77. The molecule has 4 aliphatic carbocycles. The molecule has 3 N–H and O–H groups in total. The summed E-state index contributed by atoms with van der Waals surface area (Å²) in [7, 11) is 0. The summed E-state index contributed by atoms with van der Waals surface area (Å²) in [6, 6.07) is 0. The molecule has 25 heavy (non-hydrogen) atoms. The Morgan fingerprint density at radius 1 is 1.20 bits per heavy atom. The topological polar surface area (TPSA) is 72.0 Å². The van der Waals surface area contributed by atoms with Crippen LogP contribution >= 0.6 is 23.0 Å². The summed E-state index contributed by atoms with van der Waals surface area (Å²) < 4.78 is 5.21. The Hall–Kier alpha value is 0.270. The maximum Gasteiger partial charge on any atom is 0.189 e. The number of hydrogen-bond acceptors (Lipinski definition) is 4. The quantitative estimate of drug-likeness (QED) is 0.383. The van der Waals surface area contributed by atoms with Gasteiger partial charge in [-0.05, 0) is 80.6 Å². The van der Waals surface area contributed by atoms with Gasteiger partial charge in [0.1, 0.15) is 11.1 Å². The molecule has 2 bridgehead atoms. The zero-order valence-corrected chi connectivity index (χ0v) is 17.6. The van der Waals surface area contributed by atoms with Crippen LogP contribution in [0, 0.1) is 27.9 Å². The minimum Gasteiger partial charge on any atom is -0.599 e. The first-order chi connectivity index (χ1) is 11.8. The van der Waals surface area contributed by atoms with E-state index in [1.165, 1.54) is 12.0 Å². The zero-order valence-electron chi connectivity index (χ0n) is 15.4. The third kappa shape index (κ3) is 2.30. The van der Waals surface area contributed by atoms with Gasteiger partial charge in [-0.25, -0.2) is 11.1 Å². The summed E-state index contributed by atoms with van der Waals surface area (Å²) in [5.74, 6) is 6.76. The van der Waals surface area contributed by atoms with Crippen molar-refractivity contribution in [1.82, 2.24) is 0 Å². The van der Waals surface area contributed by atoms with Gasteiger partial charge in [-0.2, -0.15) is 0 Å². The van der Waals surface area contributed by atoms with Gasteiger partial charge in [-0.1, -0.05) is 13.5 Å². The van der Waals surface area contributed by atoms with Crippen molar-refractivity contribution in [3.8, 4) is 0 Å². The summed E-state index contributed by atoms with van der Waals surface area (Å²) in [6.07, 6.45) is 9.73. The SMILES string of the molecule is C=C1CC23CCC4C(C)(CCCC4(C)[NH+]([O-])OI)C2CCC1(ON)C3. The molecule has 0 aromatic heterocycles. The highest BCUT2D eigenvalue weighted by Crippen LogP contribution is 2.71. The second kappa shape index (κ2) is 5.88. The van der Waals surface area contributed by atoms with Crippen LogP contribution in [0.4, 0.5) is 0 Å². The largest absolute Gasteiger partial charge is 0.599 e. The lowest BCUT2D eigenvalue weighted by Gasteiger charge is -2.64. The van der Waals surface area contributed by atoms with Crippen LogP contribution in [0.25, 0.3) is 0 Å². The van der Waals surface area contributed by atoms with Crippen molar-refractivity contribution in [3.05, 3.63) is 17.4 Å². The van der Waals surface area contributed by atoms with Gasteiger partial charge in [0.25, 0.3) is 0 Å². The van der Waals surface area contributed by atoms with Gasteiger partial charge in [0.2, 0.25) is 0 Å². The molecule has 0 heterocycles. The van der Waals surface area contributed by atoms with Crippen molar-refractivity contribution in [2.45, 2.75) is 82.8 Å². The second-order valence-electron chi connectivity index (χ2n) is 9.76. The molecule has 7 atom stereocenters. The Balaban J connectivity index is 1.71. The molecule has 4 fully saturated rings. The van der Waals surface area contributed by atoms with E-state index < -0.39 is 0 Å². The molecule has 0 radical (unpaired) electrons. The predicted molar refractivity (Wildman–Crippen MR) is 104 cm³/mol. The molecular formula is C19H31IN2O3. The fourth-order valence-corrected chi connectivity index (χ4v) is 8.35. The first kappa shape index (κ1) is 18.6. The van der Waals surface area contributed by atoms with Crippen LogP contribution in [0.5, 0.6) is 0 Å². The van der Waals surface area contributed by atoms with Gasteiger partial charge in [0.05, 0.1) is 0 Å². The molecule has 0 aliphatic heterocycles. The normalized spacial score (nSPS) is 53.2. The Morgan fingerprint density at radius 3 is 2.60 bits per heavy atom. The van der Waals surface area contributed by atoms with E-state index in [1.54, 1.807) is 23.0 Å². The van der Waals surface area contributed by atoms with Gasteiger partial charge in [-0.3, -0.25) is 4.84 Å². The van der Waals surface area contributed by atoms with Gasteiger partial charge in [0, 0.05) is 12.3 Å². The van der Waals surface area contributed by atoms with Gasteiger partial charge < -0.3 is 5.21 Å². The summed E-state index contributed by atoms with van der Waals surface area (Å²) in [5, 5.41) is 12.7. The van der Waals surface area contributed by atoms with E-state index in [0.29, 0.717) is 11.8 Å². The number of fused-ring (bicyclic) bond motifs is 3. The Kier molecular flexibility index (Phi) is 4.38. The van der Waals surface area contributed by atoms with Crippen molar-refractivity contribution in [1.29, 1.82) is 0 Å². The van der Waals surface area contributed by atoms with Crippen LogP contribution in [0.15, 0.2) is 12.2 Å². The minimum absolute atomic E-state index is 0.0220. The highest BCUT2D eigenvalue weighted by Gasteiger charge is 2.68. The number of hydroxylamine groups is 2. The molecule has 6 heteroatoms. The van der Waals surface area contributed by atoms with Crippen molar-refractivity contribution in [3.63, 3.8) is 0 Å². The standard InChI is InChI=1S/C19H31IN2O3/c1-13-11-18-9-5-14-16(2,7-4-8-17(14,3)22(23)25-20)15(18)6-10-19(13,12-18)24-21/h14-15,22H,1,4-12,21H2,2-3H3. The smallest absolute Gasteiger partial charge is 0.189 e. The third-order valence-electron chi connectivity index (χ3n) is 8.89. The summed E-state index contributed by atoms with van der Waals surface area (Å²) in [5.41, 5.74) is 1.03. The zero-order chi connectivity index (χ0) is 18.1. The molecule has 5 nitrogen and oxygen atoms in total. The molecule has 4 rings (SSSR count). The van der Waals surface area contributed by atoms with E-state index in [-0.39, 0.29) is 27.2 Å². The van der Waals surface area contributed by atoms with Crippen LogP contribution in [-0.4, -0.2) is 11.1 Å². The highest BCUT2D eigenvalue weighted by molar-refractivity contribution is 14.1. The lowest BCUT2D eigenvalue weighted by atomic mass is 9.42. The molecule has 4 saturated carbocycles. The molecular weight excluding hydrogens is 431 g/mol. The second-order valence-corrected chi connectivity index (χ2v) is 10.2. The van der Waals surface area contributed by atoms with E-state index in [4.69, 9.17) is 13.9 Å². The minimum atomic E-state index is -0.343. The van der Waals surface area contributed by atoms with Gasteiger partial charge in [0.15, 0.2) is 23.0 Å². The highest BCUT2D eigenvalue weighted by atomic mass is 127. The van der Waals surface area contributed by atoms with E-state index in [2.05, 4.69) is 20.4 Å². The van der Waals surface area contributed by atoms with Crippen molar-refractivity contribution in [2.24, 2.45) is 28.6 Å². The van der Waals surface area contributed by atoms with Crippen LogP contribution < -0.4 is 11.1 Å². The lowest BCUT2D eigenvalue weighted by Crippen LogP contribution is -3.15. The van der Waals surface area contributed by atoms with Crippen molar-refractivity contribution >= 4 is 23.0 Å². The van der Waals surface area contributed by atoms with E-state index in [1.807, 2.05) is 0 Å². The maximum atomic E-state index is 12.7. The Labute approximate surface area is 164 Å². The average molecular weight is 462 g/mol. The number of rotatable bonds is 3. The third-order valence-corrected chi connectivity index (χ3v) is 9.29. The van der Waals surface area contributed by atoms with Crippen LogP contribution in [0.2, 0.25) is 0 Å². The number of halogens is 1. The summed E-state index contributed by atoms with van der Waals surface area (Å²) in [4.78, 5) is 5.52. The van der Waals surface area contributed by atoms with Crippen molar-refractivity contribution < 1.29 is 13.2 Å². The van der Waals surface area contributed by atoms with Gasteiger partial charge >= 0.3 is 0 Å². The molecule has 142 valence electrons. The summed E-state index contributed by atoms with van der Waals surface area (Å²) in [6.45, 7) is 8.95. The fourth-order valence-electron chi connectivity index (χ4n) is 7.84. The molecule has 1 spiro atoms. The molecule has 0 aromatic carbocycles. The fraction of sp³-hybridized carbons (Fsp3) is 0.895. The van der Waals surface area contributed by atoms with E-state index in [0.717, 1.165) is 51.4 Å². The first-order valence-corrected chi connectivity index (χ1v) is 10.5. The number of hydrogen-bond donors (Lipinski definition) is 2.